The van der Waals surface area contributed by atoms with Crippen LogP contribution in [0, 0.1) is 10.1 Å². The summed E-state index contributed by atoms with van der Waals surface area (Å²) in [6.07, 6.45) is -4.03. The highest BCUT2D eigenvalue weighted by Gasteiger charge is 2.40. The maximum Gasteiger partial charge on any atom is 0.418 e. The second-order valence-corrected chi connectivity index (χ2v) is 4.45. The molecule has 0 amide bonds. The number of fused-ring (bicyclic) bond motifs is 1. The zero-order valence-corrected chi connectivity index (χ0v) is 11.1. The van der Waals surface area contributed by atoms with Crippen LogP contribution in [-0.2, 0) is 15.8 Å². The van der Waals surface area contributed by atoms with Gasteiger partial charge in [0.15, 0.2) is 6.29 Å². The van der Waals surface area contributed by atoms with Gasteiger partial charge in [0.05, 0.1) is 16.2 Å². The Balaban J connectivity index is 2.67. The molecule has 0 aromatic heterocycles. The quantitative estimate of drug-likeness (QED) is 0.381. The smallest absolute Gasteiger partial charge is 0.358 e. The van der Waals surface area contributed by atoms with E-state index in [0.29, 0.717) is 6.07 Å². The fourth-order valence-electron chi connectivity index (χ4n) is 1.78. The Kier molecular flexibility index (Phi) is 3.79. The first-order chi connectivity index (χ1) is 10.2. The number of nitro groups is 1. The summed E-state index contributed by atoms with van der Waals surface area (Å²) < 4.78 is 38.6. The molecule has 0 saturated carbocycles. The van der Waals surface area contributed by atoms with E-state index in [9.17, 15) is 32.9 Å². The number of carbonyl (C=O) groups excluding carboxylic acids is 2. The normalized spacial score (nSPS) is 13.4. The molecule has 22 heavy (non-hydrogen) atoms. The molecule has 0 aliphatic carbocycles. The SMILES string of the molecule is O=CC(=O)C1=CNc2cc(C(F)(F)F)c(Cl)c([N+](=O)[O-])c2N1. The monoisotopic (exact) mass is 335 g/mol. The van der Waals surface area contributed by atoms with E-state index in [1.165, 1.54) is 0 Å². The minimum absolute atomic E-state index is 0.0525. The number of nitro benzene ring substituents is 1. The van der Waals surface area contributed by atoms with Crippen LogP contribution >= 0.6 is 11.6 Å². The number of benzene rings is 1. The molecule has 1 heterocycles. The van der Waals surface area contributed by atoms with Crippen LogP contribution in [0.5, 0.6) is 0 Å². The number of nitrogens with one attached hydrogen (secondary N) is 2. The zero-order chi connectivity index (χ0) is 16.7. The van der Waals surface area contributed by atoms with Crippen molar-refractivity contribution in [2.24, 2.45) is 0 Å². The lowest BCUT2D eigenvalue weighted by Gasteiger charge is -2.21. The Labute approximate surface area is 124 Å². The molecular formula is C11H5ClF3N3O4. The lowest BCUT2D eigenvalue weighted by Crippen LogP contribution is -2.20. The highest BCUT2D eigenvalue weighted by atomic mass is 35.5. The van der Waals surface area contributed by atoms with E-state index in [4.69, 9.17) is 11.6 Å². The van der Waals surface area contributed by atoms with Gasteiger partial charge in [-0.1, -0.05) is 11.6 Å². The van der Waals surface area contributed by atoms with Crippen molar-refractivity contribution in [3.8, 4) is 0 Å². The van der Waals surface area contributed by atoms with Crippen molar-refractivity contribution in [2.75, 3.05) is 10.6 Å². The summed E-state index contributed by atoms with van der Waals surface area (Å²) in [6, 6.07) is 0.566. The minimum atomic E-state index is -4.90. The van der Waals surface area contributed by atoms with Crippen molar-refractivity contribution in [1.29, 1.82) is 0 Å². The van der Waals surface area contributed by atoms with E-state index in [1.807, 2.05) is 0 Å². The number of rotatable bonds is 3. The molecule has 0 radical (unpaired) electrons. The number of hydrogen-bond acceptors (Lipinski definition) is 6. The Morgan fingerprint density at radius 3 is 2.55 bits per heavy atom. The summed E-state index contributed by atoms with van der Waals surface area (Å²) in [6.45, 7) is 0. The van der Waals surface area contributed by atoms with Crippen LogP contribution in [0.15, 0.2) is 18.0 Å². The Morgan fingerprint density at radius 2 is 2.05 bits per heavy atom. The first kappa shape index (κ1) is 15.8. The predicted molar refractivity (Wildman–Crippen MR) is 69.5 cm³/mol. The minimum Gasteiger partial charge on any atom is -0.358 e. The van der Waals surface area contributed by atoms with Gasteiger partial charge in [0.2, 0.25) is 5.78 Å². The van der Waals surface area contributed by atoms with E-state index >= 15 is 0 Å². The van der Waals surface area contributed by atoms with Crippen LogP contribution in [0.3, 0.4) is 0 Å². The molecule has 0 unspecified atom stereocenters. The van der Waals surface area contributed by atoms with Gasteiger partial charge in [0, 0.05) is 6.20 Å². The molecule has 2 rings (SSSR count). The largest absolute Gasteiger partial charge is 0.418 e. The molecule has 0 spiro atoms. The molecule has 0 bridgehead atoms. The Hall–Kier alpha value is -2.62. The van der Waals surface area contributed by atoms with E-state index in [1.54, 1.807) is 0 Å². The van der Waals surface area contributed by atoms with Crippen LogP contribution in [-0.4, -0.2) is 17.0 Å². The highest BCUT2D eigenvalue weighted by Crippen LogP contribution is 2.48. The van der Waals surface area contributed by atoms with Crippen LogP contribution in [0.4, 0.5) is 30.2 Å². The highest BCUT2D eigenvalue weighted by molar-refractivity contribution is 6.36. The third-order valence-corrected chi connectivity index (χ3v) is 3.11. The molecule has 116 valence electrons. The molecule has 1 aliphatic heterocycles. The Bertz CT molecular complexity index is 730. The van der Waals surface area contributed by atoms with Gasteiger partial charge in [-0.15, -0.1) is 0 Å². The number of Topliss-reactive ketones (excluding diaryl/α,β-unsaturated/α-hetero) is 1. The molecule has 1 aromatic rings. The number of alkyl halides is 3. The van der Waals surface area contributed by atoms with Gasteiger partial charge in [0.25, 0.3) is 0 Å². The van der Waals surface area contributed by atoms with Crippen molar-refractivity contribution in [3.05, 3.63) is 38.7 Å². The van der Waals surface area contributed by atoms with Gasteiger partial charge < -0.3 is 10.6 Å². The van der Waals surface area contributed by atoms with Gasteiger partial charge >= 0.3 is 11.9 Å². The summed E-state index contributed by atoms with van der Waals surface area (Å²) in [7, 11) is 0. The molecule has 11 heteroatoms. The number of halogens is 4. The van der Waals surface area contributed by atoms with Crippen LogP contribution < -0.4 is 10.6 Å². The summed E-state index contributed by atoms with van der Waals surface area (Å²) in [4.78, 5) is 31.6. The first-order valence-corrected chi connectivity index (χ1v) is 5.86. The summed E-state index contributed by atoms with van der Waals surface area (Å²) >= 11 is 5.48. The van der Waals surface area contributed by atoms with Crippen molar-refractivity contribution in [1.82, 2.24) is 0 Å². The molecule has 0 atom stereocenters. The second kappa shape index (κ2) is 5.30. The molecule has 2 N–H and O–H groups in total. The molecule has 7 nitrogen and oxygen atoms in total. The number of carbonyl (C=O) groups is 2. The first-order valence-electron chi connectivity index (χ1n) is 5.48. The van der Waals surface area contributed by atoms with Gasteiger partial charge in [-0.25, -0.2) is 0 Å². The number of allylic oxidation sites excluding steroid dienone is 1. The molecule has 1 aromatic carbocycles. The van der Waals surface area contributed by atoms with Crippen LogP contribution in [0.25, 0.3) is 0 Å². The van der Waals surface area contributed by atoms with E-state index in [-0.39, 0.29) is 17.7 Å². The zero-order valence-electron chi connectivity index (χ0n) is 10.3. The fraction of sp³-hybridized carbons (Fsp3) is 0.0909. The number of ketones is 1. The predicted octanol–water partition coefficient (Wildman–Crippen LogP) is 2.71. The molecule has 1 aliphatic rings. The second-order valence-electron chi connectivity index (χ2n) is 4.07. The summed E-state index contributed by atoms with van der Waals surface area (Å²) in [5.74, 6) is -1.04. The Morgan fingerprint density at radius 1 is 1.41 bits per heavy atom. The average molecular weight is 336 g/mol. The van der Waals surface area contributed by atoms with Crippen molar-refractivity contribution in [3.63, 3.8) is 0 Å². The van der Waals surface area contributed by atoms with Crippen molar-refractivity contribution in [2.45, 2.75) is 6.18 Å². The fourth-order valence-corrected chi connectivity index (χ4v) is 2.10. The molecule has 0 fully saturated rings. The van der Waals surface area contributed by atoms with Crippen molar-refractivity contribution >= 4 is 40.7 Å². The summed E-state index contributed by atoms with van der Waals surface area (Å²) in [5.41, 5.74) is -3.54. The third kappa shape index (κ3) is 2.60. The van der Waals surface area contributed by atoms with Gasteiger partial charge in [-0.3, -0.25) is 19.7 Å². The number of anilines is 2. The maximum atomic E-state index is 12.9. The van der Waals surface area contributed by atoms with E-state index < -0.39 is 38.8 Å². The lowest BCUT2D eigenvalue weighted by molar-refractivity contribution is -0.384. The topological polar surface area (TPSA) is 101 Å². The van der Waals surface area contributed by atoms with E-state index in [0.717, 1.165) is 6.20 Å². The number of hydrogen-bond donors (Lipinski definition) is 2. The third-order valence-electron chi connectivity index (χ3n) is 2.73. The summed E-state index contributed by atoms with van der Waals surface area (Å²) in [5, 5.41) is 14.4. The average Bonchev–Trinajstić information content (AvgIpc) is 2.43. The molecule has 0 saturated heterocycles. The van der Waals surface area contributed by atoms with Gasteiger partial charge in [0.1, 0.15) is 16.4 Å². The maximum absolute atomic E-state index is 12.9. The molecular weight excluding hydrogens is 331 g/mol. The van der Waals surface area contributed by atoms with E-state index in [2.05, 4.69) is 10.6 Å². The van der Waals surface area contributed by atoms with Gasteiger partial charge in [-0.2, -0.15) is 13.2 Å². The van der Waals surface area contributed by atoms with Crippen molar-refractivity contribution < 1.29 is 27.7 Å². The van der Waals surface area contributed by atoms with Gasteiger partial charge in [-0.05, 0) is 6.07 Å². The number of nitrogens with zero attached hydrogens (tertiary/aromatic N) is 1. The standard InChI is InChI=1S/C11H5ClF3N3O4/c12-8-4(11(13,14)15)1-5-9(10(8)18(21)22)17-6(2-16-5)7(20)3-19/h1-3,16-17H. The van der Waals surface area contributed by atoms with Crippen LogP contribution in [0.1, 0.15) is 5.56 Å². The number of aldehydes is 1. The lowest BCUT2D eigenvalue weighted by atomic mass is 10.1. The van der Waals surface area contributed by atoms with Crippen LogP contribution in [0.2, 0.25) is 5.02 Å².